The summed E-state index contributed by atoms with van der Waals surface area (Å²) in [5.41, 5.74) is 5.73. The van der Waals surface area contributed by atoms with E-state index in [-0.39, 0.29) is 0 Å². The molecule has 0 aliphatic carbocycles. The standard InChI is InChI=1S/C16H15ClN2/c1-10-6-7-12(8-11(10)2)9-15-18-14-5-3-4-13(17)16(14)19-15/h3-8H,9H2,1-2H3,(H,18,19). The van der Waals surface area contributed by atoms with Crippen LogP contribution in [0.25, 0.3) is 11.0 Å². The van der Waals surface area contributed by atoms with Crippen molar-refractivity contribution in [2.24, 2.45) is 0 Å². The fourth-order valence-corrected chi connectivity index (χ4v) is 2.46. The molecule has 1 aromatic heterocycles. The molecule has 3 heteroatoms. The molecule has 0 radical (unpaired) electrons. The number of hydrogen-bond acceptors (Lipinski definition) is 1. The van der Waals surface area contributed by atoms with E-state index in [0.717, 1.165) is 23.3 Å². The number of rotatable bonds is 2. The van der Waals surface area contributed by atoms with Gasteiger partial charge in [0.1, 0.15) is 11.3 Å². The molecule has 0 saturated heterocycles. The van der Waals surface area contributed by atoms with Gasteiger partial charge in [-0.3, -0.25) is 0 Å². The second kappa shape index (κ2) is 4.71. The number of para-hydroxylation sites is 1. The molecular formula is C16H15ClN2. The van der Waals surface area contributed by atoms with Crippen molar-refractivity contribution in [2.45, 2.75) is 20.3 Å². The summed E-state index contributed by atoms with van der Waals surface area (Å²) >= 11 is 6.14. The lowest BCUT2D eigenvalue weighted by atomic mass is 10.0. The predicted octanol–water partition coefficient (Wildman–Crippen LogP) is 4.42. The number of aromatic amines is 1. The number of hydrogen-bond donors (Lipinski definition) is 1. The zero-order valence-corrected chi connectivity index (χ0v) is 11.8. The third kappa shape index (κ3) is 2.36. The topological polar surface area (TPSA) is 28.7 Å². The van der Waals surface area contributed by atoms with Crippen LogP contribution in [-0.2, 0) is 6.42 Å². The van der Waals surface area contributed by atoms with Gasteiger partial charge in [-0.2, -0.15) is 0 Å². The van der Waals surface area contributed by atoms with Crippen LogP contribution in [0.4, 0.5) is 0 Å². The van der Waals surface area contributed by atoms with Crippen molar-refractivity contribution in [1.82, 2.24) is 9.97 Å². The minimum Gasteiger partial charge on any atom is -0.342 e. The molecule has 0 unspecified atom stereocenters. The first-order valence-electron chi connectivity index (χ1n) is 6.33. The highest BCUT2D eigenvalue weighted by Crippen LogP contribution is 2.22. The van der Waals surface area contributed by atoms with Gasteiger partial charge < -0.3 is 4.98 Å². The summed E-state index contributed by atoms with van der Waals surface area (Å²) < 4.78 is 0. The van der Waals surface area contributed by atoms with Gasteiger partial charge in [0.25, 0.3) is 0 Å². The molecular weight excluding hydrogens is 256 g/mol. The van der Waals surface area contributed by atoms with E-state index in [0.29, 0.717) is 5.02 Å². The molecule has 0 aliphatic heterocycles. The second-order valence-corrected chi connectivity index (χ2v) is 5.32. The molecule has 19 heavy (non-hydrogen) atoms. The highest BCUT2D eigenvalue weighted by Gasteiger charge is 2.07. The molecule has 0 bridgehead atoms. The number of halogens is 1. The predicted molar refractivity (Wildman–Crippen MR) is 79.8 cm³/mol. The third-order valence-electron chi connectivity index (χ3n) is 3.46. The second-order valence-electron chi connectivity index (χ2n) is 4.91. The van der Waals surface area contributed by atoms with Gasteiger partial charge in [-0.1, -0.05) is 35.9 Å². The van der Waals surface area contributed by atoms with E-state index in [1.807, 2.05) is 18.2 Å². The molecule has 0 atom stereocenters. The van der Waals surface area contributed by atoms with Crippen molar-refractivity contribution in [3.05, 3.63) is 63.9 Å². The first kappa shape index (κ1) is 12.2. The van der Waals surface area contributed by atoms with Gasteiger partial charge in [-0.25, -0.2) is 4.98 Å². The summed E-state index contributed by atoms with van der Waals surface area (Å²) in [4.78, 5) is 7.90. The van der Waals surface area contributed by atoms with Gasteiger partial charge in [0.2, 0.25) is 0 Å². The molecule has 96 valence electrons. The number of nitrogens with zero attached hydrogens (tertiary/aromatic N) is 1. The first-order chi connectivity index (χ1) is 9.13. The first-order valence-corrected chi connectivity index (χ1v) is 6.70. The molecule has 2 aromatic carbocycles. The number of aromatic nitrogens is 2. The van der Waals surface area contributed by atoms with Gasteiger partial charge in [0.05, 0.1) is 10.5 Å². The smallest absolute Gasteiger partial charge is 0.111 e. The van der Waals surface area contributed by atoms with E-state index in [1.165, 1.54) is 16.7 Å². The van der Waals surface area contributed by atoms with Crippen LogP contribution in [0.15, 0.2) is 36.4 Å². The van der Waals surface area contributed by atoms with Gasteiger partial charge >= 0.3 is 0 Å². The highest BCUT2D eigenvalue weighted by molar-refractivity contribution is 6.34. The Morgan fingerprint density at radius 1 is 1.11 bits per heavy atom. The van der Waals surface area contributed by atoms with E-state index in [4.69, 9.17) is 11.6 Å². The summed E-state index contributed by atoms with van der Waals surface area (Å²) in [6.07, 6.45) is 0.798. The van der Waals surface area contributed by atoms with Crippen molar-refractivity contribution in [1.29, 1.82) is 0 Å². The van der Waals surface area contributed by atoms with Gasteiger partial charge in [-0.15, -0.1) is 0 Å². The summed E-state index contributed by atoms with van der Waals surface area (Å²) in [7, 11) is 0. The maximum absolute atomic E-state index is 6.14. The molecule has 2 nitrogen and oxygen atoms in total. The Bertz CT molecular complexity index is 744. The molecule has 3 rings (SSSR count). The van der Waals surface area contributed by atoms with Crippen LogP contribution in [-0.4, -0.2) is 9.97 Å². The minimum atomic E-state index is 0.695. The van der Waals surface area contributed by atoms with Gasteiger partial charge in [0.15, 0.2) is 0 Å². The number of H-pyrrole nitrogens is 1. The Kier molecular flexibility index (Phi) is 3.03. The van der Waals surface area contributed by atoms with E-state index < -0.39 is 0 Å². The normalized spacial score (nSPS) is 11.1. The van der Waals surface area contributed by atoms with Crippen molar-refractivity contribution in [3.8, 4) is 0 Å². The lowest BCUT2D eigenvalue weighted by Crippen LogP contribution is -1.92. The molecule has 1 N–H and O–H groups in total. The largest absolute Gasteiger partial charge is 0.342 e. The highest BCUT2D eigenvalue weighted by atomic mass is 35.5. The zero-order valence-electron chi connectivity index (χ0n) is 11.0. The number of aryl methyl sites for hydroxylation is 2. The molecule has 1 heterocycles. The van der Waals surface area contributed by atoms with Crippen LogP contribution >= 0.6 is 11.6 Å². The van der Waals surface area contributed by atoms with E-state index in [9.17, 15) is 0 Å². The third-order valence-corrected chi connectivity index (χ3v) is 3.76. The maximum Gasteiger partial charge on any atom is 0.111 e. The van der Waals surface area contributed by atoms with Crippen molar-refractivity contribution in [2.75, 3.05) is 0 Å². The lowest BCUT2D eigenvalue weighted by Gasteiger charge is -2.03. The zero-order chi connectivity index (χ0) is 13.4. The van der Waals surface area contributed by atoms with Crippen LogP contribution < -0.4 is 0 Å². The summed E-state index contributed by atoms with van der Waals surface area (Å²) in [5.74, 6) is 0.950. The van der Waals surface area contributed by atoms with E-state index in [2.05, 4.69) is 42.0 Å². The summed E-state index contributed by atoms with van der Waals surface area (Å²) in [5, 5.41) is 0.695. The van der Waals surface area contributed by atoms with Crippen LogP contribution in [0.3, 0.4) is 0 Å². The summed E-state index contributed by atoms with van der Waals surface area (Å²) in [6.45, 7) is 4.26. The molecule has 0 fully saturated rings. The quantitative estimate of drug-likeness (QED) is 0.733. The van der Waals surface area contributed by atoms with Crippen molar-refractivity contribution < 1.29 is 0 Å². The molecule has 0 saturated carbocycles. The minimum absolute atomic E-state index is 0.695. The number of imidazole rings is 1. The fraction of sp³-hybridized carbons (Fsp3) is 0.188. The van der Waals surface area contributed by atoms with Crippen LogP contribution in [0, 0.1) is 13.8 Å². The Labute approximate surface area is 117 Å². The Morgan fingerprint density at radius 2 is 1.95 bits per heavy atom. The average molecular weight is 271 g/mol. The Hall–Kier alpha value is -1.80. The van der Waals surface area contributed by atoms with Crippen molar-refractivity contribution in [3.63, 3.8) is 0 Å². The molecule has 3 aromatic rings. The van der Waals surface area contributed by atoms with Gasteiger partial charge in [-0.05, 0) is 42.7 Å². The van der Waals surface area contributed by atoms with E-state index in [1.54, 1.807) is 0 Å². The molecule has 0 spiro atoms. The fourth-order valence-electron chi connectivity index (χ4n) is 2.24. The Balaban J connectivity index is 1.96. The summed E-state index contributed by atoms with van der Waals surface area (Å²) in [6, 6.07) is 12.3. The number of nitrogens with one attached hydrogen (secondary N) is 1. The van der Waals surface area contributed by atoms with Crippen molar-refractivity contribution >= 4 is 22.6 Å². The van der Waals surface area contributed by atoms with E-state index >= 15 is 0 Å². The number of benzene rings is 2. The van der Waals surface area contributed by atoms with Crippen LogP contribution in [0.1, 0.15) is 22.5 Å². The Morgan fingerprint density at radius 3 is 2.68 bits per heavy atom. The molecule has 0 aliphatic rings. The van der Waals surface area contributed by atoms with Crippen LogP contribution in [0.5, 0.6) is 0 Å². The number of fused-ring (bicyclic) bond motifs is 1. The SMILES string of the molecule is Cc1ccc(Cc2nc3c(Cl)cccc3[nH]2)cc1C. The monoisotopic (exact) mass is 270 g/mol. The maximum atomic E-state index is 6.14. The lowest BCUT2D eigenvalue weighted by molar-refractivity contribution is 1.03. The van der Waals surface area contributed by atoms with Crippen LogP contribution in [0.2, 0.25) is 5.02 Å². The average Bonchev–Trinajstić information content (AvgIpc) is 2.78. The van der Waals surface area contributed by atoms with Gasteiger partial charge in [0, 0.05) is 6.42 Å². The molecule has 0 amide bonds.